The summed E-state index contributed by atoms with van der Waals surface area (Å²) < 4.78 is 4.83. The average Bonchev–Trinajstić information content (AvgIpc) is 1.82. The Morgan fingerprint density at radius 3 is 2.55 bits per heavy atom. The van der Waals surface area contributed by atoms with Crippen LogP contribution in [-0.4, -0.2) is 12.6 Å². The molecule has 1 fully saturated rings. The third-order valence-electron chi connectivity index (χ3n) is 1.86. The summed E-state index contributed by atoms with van der Waals surface area (Å²) in [5.41, 5.74) is 0. The fraction of sp³-hybridized carbons (Fsp3) is 0.750. The molecule has 0 bridgehead atoms. The molecule has 3 heteroatoms. The molecule has 1 saturated carbocycles. The minimum atomic E-state index is -0.0394. The molecule has 0 heterocycles. The van der Waals surface area contributed by atoms with Crippen LogP contribution in [-0.2, 0) is 29.0 Å². The van der Waals surface area contributed by atoms with Crippen molar-refractivity contribution >= 4 is 5.97 Å². The summed E-state index contributed by atoms with van der Waals surface area (Å²) >= 11 is 0. The Kier molecular flexibility index (Phi) is 4.91. The Hall–Kier alpha value is 0.0934. The maximum atomic E-state index is 10.9. The Balaban J connectivity index is 0.000001000. The van der Waals surface area contributed by atoms with Gasteiger partial charge in [0.15, 0.2) is 0 Å². The number of hydrogen-bond donors (Lipinski definition) is 0. The van der Waals surface area contributed by atoms with Gasteiger partial charge in [-0.2, -0.15) is 5.92 Å². The Labute approximate surface area is 80.4 Å². The first-order valence-corrected chi connectivity index (χ1v) is 3.73. The molecule has 11 heavy (non-hydrogen) atoms. The van der Waals surface area contributed by atoms with Gasteiger partial charge >= 0.3 is 5.97 Å². The minimum Gasteiger partial charge on any atom is -0.466 e. The Bertz CT molecular complexity index is 130. The van der Waals surface area contributed by atoms with E-state index in [1.807, 2.05) is 6.92 Å². The zero-order valence-electron chi connectivity index (χ0n) is 7.01. The molecule has 0 saturated heterocycles. The molecule has 0 N–H and O–H groups in total. The summed E-state index contributed by atoms with van der Waals surface area (Å²) in [6.07, 6.45) is 1.83. The van der Waals surface area contributed by atoms with Gasteiger partial charge in [0.1, 0.15) is 0 Å². The second-order valence-electron chi connectivity index (χ2n) is 2.79. The van der Waals surface area contributed by atoms with Crippen LogP contribution in [0.25, 0.3) is 0 Å². The van der Waals surface area contributed by atoms with Crippen LogP contribution in [0, 0.1) is 18.8 Å². The van der Waals surface area contributed by atoms with Crippen molar-refractivity contribution in [3.63, 3.8) is 0 Å². The van der Waals surface area contributed by atoms with E-state index in [1.54, 1.807) is 0 Å². The van der Waals surface area contributed by atoms with E-state index in [0.717, 1.165) is 12.8 Å². The maximum absolute atomic E-state index is 10.9. The van der Waals surface area contributed by atoms with Crippen molar-refractivity contribution in [2.24, 2.45) is 11.8 Å². The van der Waals surface area contributed by atoms with Crippen LogP contribution >= 0.6 is 0 Å². The quantitative estimate of drug-likeness (QED) is 0.388. The van der Waals surface area contributed by atoms with Gasteiger partial charge in [-0.05, 0) is 6.92 Å². The molecular weight excluding hydrogens is 193 g/mol. The van der Waals surface area contributed by atoms with E-state index < -0.39 is 0 Å². The number of esters is 1. The van der Waals surface area contributed by atoms with Gasteiger partial charge in [0.05, 0.1) is 12.5 Å². The third-order valence-corrected chi connectivity index (χ3v) is 1.86. The van der Waals surface area contributed by atoms with Gasteiger partial charge in [-0.1, -0.05) is 12.8 Å². The molecule has 0 radical (unpaired) electrons. The van der Waals surface area contributed by atoms with Gasteiger partial charge in [0.2, 0.25) is 0 Å². The summed E-state index contributed by atoms with van der Waals surface area (Å²) in [5, 5.41) is 0. The van der Waals surface area contributed by atoms with Crippen molar-refractivity contribution in [1.82, 2.24) is 0 Å². The average molecular weight is 207 g/mol. The van der Waals surface area contributed by atoms with Crippen LogP contribution in [0.15, 0.2) is 0 Å². The van der Waals surface area contributed by atoms with E-state index in [0.29, 0.717) is 12.5 Å². The van der Waals surface area contributed by atoms with E-state index in [1.165, 1.54) is 0 Å². The van der Waals surface area contributed by atoms with Crippen molar-refractivity contribution < 1.29 is 29.0 Å². The number of carbonyl (C=O) groups is 1. The number of ether oxygens (including phenoxy) is 1. The number of carbonyl (C=O) groups excluding carboxylic acids is 1. The monoisotopic (exact) mass is 205 g/mol. The summed E-state index contributed by atoms with van der Waals surface area (Å²) in [6.45, 7) is 6.16. The van der Waals surface area contributed by atoms with Gasteiger partial charge < -0.3 is 11.7 Å². The largest absolute Gasteiger partial charge is 0.466 e. The molecule has 0 aliphatic heterocycles. The molecule has 0 atom stereocenters. The molecule has 0 aromatic rings. The van der Waals surface area contributed by atoms with Crippen LogP contribution in [0.1, 0.15) is 19.8 Å². The van der Waals surface area contributed by atoms with Crippen LogP contribution in [0.5, 0.6) is 0 Å². The molecule has 0 aromatic carbocycles. The van der Waals surface area contributed by atoms with Crippen molar-refractivity contribution in [2.45, 2.75) is 19.8 Å². The van der Waals surface area contributed by atoms with E-state index in [4.69, 9.17) is 4.74 Å². The standard InChI is InChI=1S/C8H13O2.Zn/c1-3-10-8(9)7-4-6(2)5-7;/h6-7H,2-5H2,1H3;/q-1;. The molecule has 2 nitrogen and oxygen atoms in total. The van der Waals surface area contributed by atoms with E-state index >= 15 is 0 Å². The first-order chi connectivity index (χ1) is 4.74. The zero-order chi connectivity index (χ0) is 7.56. The predicted molar refractivity (Wildman–Crippen MR) is 38.2 cm³/mol. The molecule has 60 valence electrons. The summed E-state index contributed by atoms with van der Waals surface area (Å²) in [5.74, 6) is 0.597. The van der Waals surface area contributed by atoms with E-state index in [-0.39, 0.29) is 31.4 Å². The van der Waals surface area contributed by atoms with Gasteiger partial charge in [-0.15, -0.1) is 0 Å². The van der Waals surface area contributed by atoms with E-state index in [9.17, 15) is 4.79 Å². The molecule has 1 aliphatic rings. The molecule has 0 amide bonds. The van der Waals surface area contributed by atoms with Crippen LogP contribution in [0.2, 0.25) is 0 Å². The second kappa shape index (κ2) is 4.87. The van der Waals surface area contributed by atoms with Crippen molar-refractivity contribution in [1.29, 1.82) is 0 Å². The summed E-state index contributed by atoms with van der Waals surface area (Å²) in [4.78, 5) is 10.9. The molecule has 1 aliphatic carbocycles. The van der Waals surface area contributed by atoms with Gasteiger partial charge in [-0.25, -0.2) is 0 Å². The van der Waals surface area contributed by atoms with Gasteiger partial charge in [0.25, 0.3) is 0 Å². The van der Waals surface area contributed by atoms with Crippen LogP contribution in [0.3, 0.4) is 0 Å². The molecule has 0 aromatic heterocycles. The van der Waals surface area contributed by atoms with Crippen molar-refractivity contribution in [3.8, 4) is 0 Å². The second-order valence-corrected chi connectivity index (χ2v) is 2.79. The van der Waals surface area contributed by atoms with Crippen LogP contribution in [0.4, 0.5) is 0 Å². The first kappa shape index (κ1) is 11.1. The minimum absolute atomic E-state index is 0. The predicted octanol–water partition coefficient (Wildman–Crippen LogP) is 1.41. The summed E-state index contributed by atoms with van der Waals surface area (Å²) in [7, 11) is 0. The Morgan fingerprint density at radius 1 is 1.64 bits per heavy atom. The first-order valence-electron chi connectivity index (χ1n) is 3.73. The van der Waals surface area contributed by atoms with Crippen molar-refractivity contribution in [3.05, 3.63) is 6.92 Å². The maximum Gasteiger partial charge on any atom is 0.308 e. The molecule has 1 rings (SSSR count). The molecular formula is C8H13O2Zn-. The fourth-order valence-electron chi connectivity index (χ4n) is 1.19. The molecule has 0 unspecified atom stereocenters. The van der Waals surface area contributed by atoms with Crippen LogP contribution < -0.4 is 0 Å². The topological polar surface area (TPSA) is 26.3 Å². The smallest absolute Gasteiger partial charge is 0.308 e. The number of rotatable bonds is 2. The molecule has 0 spiro atoms. The normalized spacial score (nSPS) is 28.2. The fourth-order valence-corrected chi connectivity index (χ4v) is 1.19. The summed E-state index contributed by atoms with van der Waals surface area (Å²) in [6, 6.07) is 0. The number of hydrogen-bond acceptors (Lipinski definition) is 2. The third kappa shape index (κ3) is 2.90. The van der Waals surface area contributed by atoms with Gasteiger partial charge in [0, 0.05) is 19.5 Å². The zero-order valence-corrected chi connectivity index (χ0v) is 9.97. The Morgan fingerprint density at radius 2 is 2.18 bits per heavy atom. The SMILES string of the molecule is [CH2-]C1CC(C(=O)OCC)C1.[Zn]. The van der Waals surface area contributed by atoms with Crippen molar-refractivity contribution in [2.75, 3.05) is 6.61 Å². The van der Waals surface area contributed by atoms with Gasteiger partial charge in [-0.3, -0.25) is 4.79 Å². The van der Waals surface area contributed by atoms with E-state index in [2.05, 4.69) is 6.92 Å².